The molecular formula is C25H27BrN2O4. The number of nitrogens with zero attached hydrogens (tertiary/aromatic N) is 1. The number of nitrogens with one attached hydrogen (secondary N) is 1. The quantitative estimate of drug-likeness (QED) is 0.292. The minimum absolute atomic E-state index is 0. The first-order chi connectivity index (χ1) is 15.0. The van der Waals surface area contributed by atoms with Crippen molar-refractivity contribution in [1.82, 2.24) is 10.2 Å². The molecule has 3 N–H and O–H groups in total. The summed E-state index contributed by atoms with van der Waals surface area (Å²) in [5, 5.41) is 22.1. The van der Waals surface area contributed by atoms with E-state index in [1.807, 2.05) is 65.6 Å². The number of halogens is 1. The molecule has 3 aromatic carbocycles. The number of phenolic OH excluding ortho intramolecular Hbond substituents is 2. The van der Waals surface area contributed by atoms with Gasteiger partial charge in [-0.2, -0.15) is 0 Å². The topological polar surface area (TPSA) is 89.9 Å². The average molecular weight is 499 g/mol. The van der Waals surface area contributed by atoms with Crippen molar-refractivity contribution in [3.05, 3.63) is 95.6 Å². The Morgan fingerprint density at radius 3 is 2.06 bits per heavy atom. The Balaban J connectivity index is 0.00000363. The second-order valence-corrected chi connectivity index (χ2v) is 7.34. The molecule has 0 heterocycles. The maximum atomic E-state index is 12.7. The molecule has 0 atom stereocenters. The van der Waals surface area contributed by atoms with Gasteiger partial charge in [-0.25, -0.2) is 0 Å². The number of Topliss-reactive ketones (excluding diaryl/α,β-unsaturated/α-hetero) is 1. The van der Waals surface area contributed by atoms with Crippen LogP contribution in [-0.4, -0.2) is 46.4 Å². The van der Waals surface area contributed by atoms with Gasteiger partial charge in [0.15, 0.2) is 17.3 Å². The molecular weight excluding hydrogens is 472 g/mol. The van der Waals surface area contributed by atoms with Gasteiger partial charge in [0.05, 0.1) is 13.0 Å². The van der Waals surface area contributed by atoms with Gasteiger partial charge in [0.2, 0.25) is 5.91 Å². The van der Waals surface area contributed by atoms with E-state index in [9.17, 15) is 19.8 Å². The van der Waals surface area contributed by atoms with Crippen molar-refractivity contribution >= 4 is 28.7 Å². The largest absolute Gasteiger partial charge is 0.504 e. The number of hydrogen-bond donors (Lipinski definition) is 3. The Morgan fingerprint density at radius 2 is 1.44 bits per heavy atom. The highest BCUT2D eigenvalue weighted by Crippen LogP contribution is 2.25. The predicted molar refractivity (Wildman–Crippen MR) is 129 cm³/mol. The van der Waals surface area contributed by atoms with Crippen molar-refractivity contribution in [3.63, 3.8) is 0 Å². The highest BCUT2D eigenvalue weighted by Gasteiger charge is 2.15. The molecule has 0 saturated carbocycles. The van der Waals surface area contributed by atoms with E-state index in [-0.39, 0.29) is 46.7 Å². The van der Waals surface area contributed by atoms with E-state index >= 15 is 0 Å². The third-order valence-corrected chi connectivity index (χ3v) is 4.87. The van der Waals surface area contributed by atoms with Crippen LogP contribution in [0.3, 0.4) is 0 Å². The first kappa shape index (κ1) is 25.1. The molecule has 0 spiro atoms. The molecule has 0 fully saturated rings. The number of aromatic hydroxyl groups is 2. The third kappa shape index (κ3) is 7.83. The average Bonchev–Trinajstić information content (AvgIpc) is 2.77. The lowest BCUT2D eigenvalue weighted by Gasteiger charge is -2.22. The van der Waals surface area contributed by atoms with E-state index in [2.05, 4.69) is 5.32 Å². The third-order valence-electron chi connectivity index (χ3n) is 4.87. The Bertz CT molecular complexity index is 1010. The van der Waals surface area contributed by atoms with Gasteiger partial charge >= 0.3 is 0 Å². The first-order valence-electron chi connectivity index (χ1n) is 10.1. The maximum absolute atomic E-state index is 12.7. The summed E-state index contributed by atoms with van der Waals surface area (Å²) in [6.45, 7) is 1.57. The summed E-state index contributed by atoms with van der Waals surface area (Å²) < 4.78 is 0. The molecule has 0 aromatic heterocycles. The molecule has 0 bridgehead atoms. The van der Waals surface area contributed by atoms with Crippen LogP contribution < -0.4 is 5.32 Å². The number of benzene rings is 3. The summed E-state index contributed by atoms with van der Waals surface area (Å²) >= 11 is 0. The molecule has 0 aliphatic rings. The summed E-state index contributed by atoms with van der Waals surface area (Å²) in [5.41, 5.74) is 2.32. The van der Waals surface area contributed by atoms with E-state index in [1.54, 1.807) is 0 Å². The summed E-state index contributed by atoms with van der Waals surface area (Å²) in [6, 6.07) is 23.4. The van der Waals surface area contributed by atoms with Crippen molar-refractivity contribution in [2.75, 3.05) is 19.6 Å². The molecule has 7 heteroatoms. The zero-order valence-corrected chi connectivity index (χ0v) is 19.3. The van der Waals surface area contributed by atoms with E-state index in [0.717, 1.165) is 11.1 Å². The molecule has 0 radical (unpaired) electrons. The van der Waals surface area contributed by atoms with Gasteiger partial charge < -0.3 is 15.5 Å². The van der Waals surface area contributed by atoms with E-state index in [1.165, 1.54) is 18.2 Å². The van der Waals surface area contributed by atoms with Crippen LogP contribution in [0, 0.1) is 0 Å². The number of phenols is 2. The minimum Gasteiger partial charge on any atom is -0.504 e. The normalized spacial score (nSPS) is 10.4. The Kier molecular flexibility index (Phi) is 9.91. The minimum atomic E-state index is -0.325. The molecule has 0 unspecified atom stereocenters. The molecule has 0 aliphatic heterocycles. The van der Waals surface area contributed by atoms with Crippen molar-refractivity contribution in [2.24, 2.45) is 0 Å². The molecule has 32 heavy (non-hydrogen) atoms. The molecule has 3 aromatic rings. The van der Waals surface area contributed by atoms with Crippen LogP contribution in [0.15, 0.2) is 78.9 Å². The van der Waals surface area contributed by atoms with Crippen molar-refractivity contribution in [3.8, 4) is 11.5 Å². The smallest absolute Gasteiger partial charge is 0.224 e. The van der Waals surface area contributed by atoms with Crippen LogP contribution in [0.25, 0.3) is 0 Å². The molecule has 1 amide bonds. The van der Waals surface area contributed by atoms with E-state index in [4.69, 9.17) is 0 Å². The Morgan fingerprint density at radius 1 is 0.812 bits per heavy atom. The summed E-state index contributed by atoms with van der Waals surface area (Å²) in [6.07, 6.45) is 0.311. The highest BCUT2D eigenvalue weighted by molar-refractivity contribution is 8.93. The number of carbonyl (C=O) groups is 2. The van der Waals surface area contributed by atoms with Gasteiger partial charge in [0, 0.05) is 25.2 Å². The fourth-order valence-corrected chi connectivity index (χ4v) is 3.24. The van der Waals surface area contributed by atoms with Crippen LogP contribution >= 0.6 is 17.0 Å². The van der Waals surface area contributed by atoms with Crippen LogP contribution in [-0.2, 0) is 17.8 Å². The molecule has 0 saturated heterocycles. The zero-order chi connectivity index (χ0) is 22.1. The SMILES string of the molecule is Br.O=C(Cc1ccccc1)NCCN(CC(=O)c1ccc(O)c(O)c1)Cc1ccccc1. The van der Waals surface area contributed by atoms with Gasteiger partial charge in [-0.15, -0.1) is 17.0 Å². The number of rotatable bonds is 10. The highest BCUT2D eigenvalue weighted by atomic mass is 79.9. The van der Waals surface area contributed by atoms with Crippen molar-refractivity contribution in [2.45, 2.75) is 13.0 Å². The fraction of sp³-hybridized carbons (Fsp3) is 0.200. The molecule has 3 rings (SSSR count). The standard InChI is InChI=1S/C25H26N2O4.BrH/c28-22-12-11-21(16-23(22)29)24(30)18-27(17-20-9-5-2-6-10-20)14-13-26-25(31)15-19-7-3-1-4-8-19;/h1-12,16,28-29H,13-15,17-18H2,(H,26,31);1H. The lowest BCUT2D eigenvalue weighted by atomic mass is 10.1. The monoisotopic (exact) mass is 498 g/mol. The van der Waals surface area contributed by atoms with Crippen molar-refractivity contribution in [1.29, 1.82) is 0 Å². The second-order valence-electron chi connectivity index (χ2n) is 7.34. The number of amides is 1. The summed E-state index contributed by atoms with van der Waals surface area (Å²) in [5.74, 6) is -0.838. The van der Waals surface area contributed by atoms with Gasteiger partial charge in [-0.1, -0.05) is 60.7 Å². The van der Waals surface area contributed by atoms with E-state index in [0.29, 0.717) is 31.6 Å². The molecule has 168 valence electrons. The van der Waals surface area contributed by atoms with Gasteiger partial charge in [-0.3, -0.25) is 14.5 Å². The first-order valence-corrected chi connectivity index (χ1v) is 10.1. The van der Waals surface area contributed by atoms with Gasteiger partial charge in [0.25, 0.3) is 0 Å². The zero-order valence-electron chi connectivity index (χ0n) is 17.6. The number of ketones is 1. The summed E-state index contributed by atoms with van der Waals surface area (Å²) in [4.78, 5) is 26.9. The Labute approximate surface area is 198 Å². The van der Waals surface area contributed by atoms with Crippen LogP contribution in [0.4, 0.5) is 0 Å². The fourth-order valence-electron chi connectivity index (χ4n) is 3.24. The molecule has 0 aliphatic carbocycles. The van der Waals surface area contributed by atoms with Crippen LogP contribution in [0.5, 0.6) is 11.5 Å². The lowest BCUT2D eigenvalue weighted by Crippen LogP contribution is -2.37. The van der Waals surface area contributed by atoms with Gasteiger partial charge in [0.1, 0.15) is 0 Å². The number of hydrogen-bond acceptors (Lipinski definition) is 5. The maximum Gasteiger partial charge on any atom is 0.224 e. The summed E-state index contributed by atoms with van der Waals surface area (Å²) in [7, 11) is 0. The second kappa shape index (κ2) is 12.6. The van der Waals surface area contributed by atoms with Crippen LogP contribution in [0.2, 0.25) is 0 Å². The van der Waals surface area contributed by atoms with Crippen LogP contribution in [0.1, 0.15) is 21.5 Å². The lowest BCUT2D eigenvalue weighted by molar-refractivity contribution is -0.120. The Hall–Kier alpha value is -3.16. The molecule has 6 nitrogen and oxygen atoms in total. The van der Waals surface area contributed by atoms with Gasteiger partial charge in [-0.05, 0) is 29.3 Å². The van der Waals surface area contributed by atoms with E-state index < -0.39 is 0 Å². The number of carbonyl (C=O) groups excluding carboxylic acids is 2. The predicted octanol–water partition coefficient (Wildman–Crippen LogP) is 3.72. The van der Waals surface area contributed by atoms with Crippen molar-refractivity contribution < 1.29 is 19.8 Å².